The maximum Gasteiger partial charge on any atom is 0.191 e. The molecule has 5 nitrogen and oxygen atoms in total. The molecule has 0 aliphatic carbocycles. The van der Waals surface area contributed by atoms with Gasteiger partial charge in [0.05, 0.1) is 6.61 Å². The molecule has 1 heterocycles. The Hall–Kier alpha value is -1.01. The largest absolute Gasteiger partial charge is 0.383 e. The summed E-state index contributed by atoms with van der Waals surface area (Å²) in [5.41, 5.74) is 0.992. The Balaban J connectivity index is 1.80. The first kappa shape index (κ1) is 19.3. The number of ether oxygens (including phenoxy) is 1. The fraction of sp³-hybridized carbons (Fsp3) is 0.588. The number of halogens is 2. The van der Waals surface area contributed by atoms with Gasteiger partial charge in [0, 0.05) is 49.9 Å². The van der Waals surface area contributed by atoms with E-state index >= 15 is 0 Å². The van der Waals surface area contributed by atoms with Crippen molar-refractivity contribution in [3.63, 3.8) is 0 Å². The van der Waals surface area contributed by atoms with Gasteiger partial charge in [0.2, 0.25) is 0 Å². The highest BCUT2D eigenvalue weighted by Gasteiger charge is 2.23. The average molecular weight is 373 g/mol. The Kier molecular flexibility index (Phi) is 8.12. The molecule has 0 saturated carbocycles. The van der Waals surface area contributed by atoms with E-state index in [1.807, 2.05) is 12.1 Å². The number of hydrogen-bond acceptors (Lipinski definition) is 3. The molecule has 2 N–H and O–H groups in total. The molecule has 0 aromatic heterocycles. The summed E-state index contributed by atoms with van der Waals surface area (Å²) in [6.45, 7) is 4.38. The number of methoxy groups -OCH3 is 1. The van der Waals surface area contributed by atoms with Crippen molar-refractivity contribution >= 4 is 29.2 Å². The Morgan fingerprint density at radius 3 is 2.92 bits per heavy atom. The second kappa shape index (κ2) is 10.1. The first-order valence-electron chi connectivity index (χ1n) is 8.25. The first-order valence-corrected chi connectivity index (χ1v) is 9.01. The third-order valence-electron chi connectivity index (χ3n) is 4.27. The van der Waals surface area contributed by atoms with Crippen LogP contribution in [0.3, 0.4) is 0 Å². The Labute approximate surface area is 154 Å². The van der Waals surface area contributed by atoms with Crippen LogP contribution >= 0.6 is 23.2 Å². The molecule has 1 fully saturated rings. The highest BCUT2D eigenvalue weighted by Crippen LogP contribution is 2.20. The van der Waals surface area contributed by atoms with Gasteiger partial charge < -0.3 is 15.4 Å². The molecule has 1 unspecified atom stereocenters. The van der Waals surface area contributed by atoms with Crippen LogP contribution in [0.25, 0.3) is 0 Å². The molecule has 0 bridgehead atoms. The van der Waals surface area contributed by atoms with Crippen molar-refractivity contribution in [1.29, 1.82) is 0 Å². The number of rotatable bonds is 7. The Morgan fingerprint density at radius 1 is 1.38 bits per heavy atom. The van der Waals surface area contributed by atoms with Crippen LogP contribution in [0.4, 0.5) is 0 Å². The van der Waals surface area contributed by atoms with E-state index in [-0.39, 0.29) is 0 Å². The van der Waals surface area contributed by atoms with Gasteiger partial charge in [-0.05, 0) is 37.1 Å². The summed E-state index contributed by atoms with van der Waals surface area (Å²) in [6, 6.07) is 6.04. The zero-order chi connectivity index (χ0) is 17.4. The highest BCUT2D eigenvalue weighted by molar-refractivity contribution is 6.35. The minimum absolute atomic E-state index is 0.526. The predicted octanol–water partition coefficient (Wildman–Crippen LogP) is 2.77. The third-order valence-corrected chi connectivity index (χ3v) is 4.86. The van der Waals surface area contributed by atoms with Gasteiger partial charge in [-0.1, -0.05) is 29.3 Å². The zero-order valence-electron chi connectivity index (χ0n) is 14.3. The summed E-state index contributed by atoms with van der Waals surface area (Å²) in [6.07, 6.45) is 2.44. The number of nitrogens with one attached hydrogen (secondary N) is 2. The molecule has 1 atom stereocenters. The molecular weight excluding hydrogens is 347 g/mol. The third kappa shape index (κ3) is 5.81. The maximum absolute atomic E-state index is 6.20. The van der Waals surface area contributed by atoms with Crippen LogP contribution in [0.1, 0.15) is 18.4 Å². The monoisotopic (exact) mass is 372 g/mol. The van der Waals surface area contributed by atoms with Gasteiger partial charge in [-0.3, -0.25) is 9.89 Å². The van der Waals surface area contributed by atoms with Crippen molar-refractivity contribution in [2.75, 3.05) is 40.4 Å². The summed E-state index contributed by atoms with van der Waals surface area (Å²) in [4.78, 5) is 6.75. The number of nitrogens with zero attached hydrogens (tertiary/aromatic N) is 2. The van der Waals surface area contributed by atoms with E-state index in [0.29, 0.717) is 22.6 Å². The fourth-order valence-electron chi connectivity index (χ4n) is 2.91. The van der Waals surface area contributed by atoms with Crippen LogP contribution in [0.5, 0.6) is 0 Å². The van der Waals surface area contributed by atoms with Crippen molar-refractivity contribution in [1.82, 2.24) is 15.5 Å². The Morgan fingerprint density at radius 2 is 2.21 bits per heavy atom. The van der Waals surface area contributed by atoms with E-state index in [1.54, 1.807) is 20.2 Å². The first-order chi connectivity index (χ1) is 11.6. The summed E-state index contributed by atoms with van der Waals surface area (Å²) in [7, 11) is 3.52. The minimum atomic E-state index is 0.526. The zero-order valence-corrected chi connectivity index (χ0v) is 15.8. The normalized spacial score (nSPS) is 18.8. The van der Waals surface area contributed by atoms with Crippen LogP contribution in [0.15, 0.2) is 23.2 Å². The minimum Gasteiger partial charge on any atom is -0.383 e. The van der Waals surface area contributed by atoms with Gasteiger partial charge in [0.25, 0.3) is 0 Å². The molecule has 1 aliphatic heterocycles. The van der Waals surface area contributed by atoms with Crippen molar-refractivity contribution in [2.24, 2.45) is 4.99 Å². The lowest BCUT2D eigenvalue weighted by atomic mass is 10.2. The standard InChI is InChI=1S/C17H26Cl2N4O/c1-20-17(21-11-13-5-6-14(18)10-16(13)19)22-12-15-4-3-7-23(15)8-9-24-2/h5-6,10,15H,3-4,7-9,11-12H2,1-2H3,(H2,20,21,22). The van der Waals surface area contributed by atoms with E-state index in [9.17, 15) is 0 Å². The molecule has 1 aromatic carbocycles. The van der Waals surface area contributed by atoms with Crippen LogP contribution in [0, 0.1) is 0 Å². The molecule has 0 amide bonds. The topological polar surface area (TPSA) is 48.9 Å². The smallest absolute Gasteiger partial charge is 0.191 e. The van der Waals surface area contributed by atoms with Gasteiger partial charge in [0.1, 0.15) is 0 Å². The summed E-state index contributed by atoms with van der Waals surface area (Å²) in [5.74, 6) is 0.777. The van der Waals surface area contributed by atoms with Crippen molar-refractivity contribution < 1.29 is 4.74 Å². The van der Waals surface area contributed by atoms with Crippen molar-refractivity contribution in [2.45, 2.75) is 25.4 Å². The second-order valence-electron chi connectivity index (χ2n) is 5.87. The fourth-order valence-corrected chi connectivity index (χ4v) is 3.38. The molecule has 0 spiro atoms. The van der Waals surface area contributed by atoms with Gasteiger partial charge in [-0.15, -0.1) is 0 Å². The van der Waals surface area contributed by atoms with Crippen LogP contribution in [-0.2, 0) is 11.3 Å². The molecule has 24 heavy (non-hydrogen) atoms. The van der Waals surface area contributed by atoms with Gasteiger partial charge in [-0.2, -0.15) is 0 Å². The van der Waals surface area contributed by atoms with E-state index < -0.39 is 0 Å². The molecule has 1 saturated heterocycles. The van der Waals surface area contributed by atoms with Crippen molar-refractivity contribution in [3.05, 3.63) is 33.8 Å². The predicted molar refractivity (Wildman–Crippen MR) is 101 cm³/mol. The van der Waals surface area contributed by atoms with E-state index in [2.05, 4.69) is 20.5 Å². The molecule has 7 heteroatoms. The lowest BCUT2D eigenvalue weighted by Gasteiger charge is -2.25. The van der Waals surface area contributed by atoms with Crippen LogP contribution < -0.4 is 10.6 Å². The molecule has 0 radical (unpaired) electrons. The summed E-state index contributed by atoms with van der Waals surface area (Å²) < 4.78 is 5.19. The van der Waals surface area contributed by atoms with Gasteiger partial charge >= 0.3 is 0 Å². The van der Waals surface area contributed by atoms with Crippen LogP contribution in [0.2, 0.25) is 10.0 Å². The summed E-state index contributed by atoms with van der Waals surface area (Å²) in [5, 5.41) is 8.00. The number of hydrogen-bond donors (Lipinski definition) is 2. The molecule has 134 valence electrons. The lowest BCUT2D eigenvalue weighted by Crippen LogP contribution is -2.45. The maximum atomic E-state index is 6.20. The number of likely N-dealkylation sites (tertiary alicyclic amines) is 1. The second-order valence-corrected chi connectivity index (χ2v) is 6.71. The highest BCUT2D eigenvalue weighted by atomic mass is 35.5. The molecule has 1 aliphatic rings. The van der Waals surface area contributed by atoms with E-state index in [1.165, 1.54) is 12.8 Å². The lowest BCUT2D eigenvalue weighted by molar-refractivity contribution is 0.141. The van der Waals surface area contributed by atoms with Gasteiger partial charge in [0.15, 0.2) is 5.96 Å². The van der Waals surface area contributed by atoms with Crippen molar-refractivity contribution in [3.8, 4) is 0 Å². The van der Waals surface area contributed by atoms with E-state index in [4.69, 9.17) is 27.9 Å². The average Bonchev–Trinajstić information content (AvgIpc) is 3.02. The van der Waals surface area contributed by atoms with E-state index in [0.717, 1.165) is 37.8 Å². The molecular formula is C17H26Cl2N4O. The summed E-state index contributed by atoms with van der Waals surface area (Å²) >= 11 is 12.1. The van der Waals surface area contributed by atoms with Crippen LogP contribution in [-0.4, -0.2) is 57.3 Å². The Bertz CT molecular complexity index is 553. The molecule has 2 rings (SSSR count). The number of aliphatic imine (C=N–C) groups is 1. The van der Waals surface area contributed by atoms with Gasteiger partial charge in [-0.25, -0.2) is 0 Å². The number of benzene rings is 1. The molecule has 1 aromatic rings. The SMILES string of the molecule is CN=C(NCc1ccc(Cl)cc1Cl)NCC1CCCN1CCOC. The number of guanidine groups is 1. The quantitative estimate of drug-likeness (QED) is 0.570.